The molecule has 3 heterocycles. The minimum absolute atomic E-state index is 0.0254. The summed E-state index contributed by atoms with van der Waals surface area (Å²) in [6.07, 6.45) is 3.70. The monoisotopic (exact) mass is 348 g/mol. The summed E-state index contributed by atoms with van der Waals surface area (Å²) in [5.74, 6) is 0.545. The Morgan fingerprint density at radius 3 is 2.50 bits per heavy atom. The van der Waals surface area contributed by atoms with E-state index in [1.165, 1.54) is 23.9 Å². The van der Waals surface area contributed by atoms with E-state index < -0.39 is 0 Å². The van der Waals surface area contributed by atoms with Gasteiger partial charge in [-0.15, -0.1) is 11.3 Å². The minimum atomic E-state index is -0.0532. The van der Waals surface area contributed by atoms with E-state index in [0.29, 0.717) is 42.4 Å². The van der Waals surface area contributed by atoms with Crippen LogP contribution in [0.4, 0.5) is 0 Å². The van der Waals surface area contributed by atoms with Crippen LogP contribution in [0.15, 0.2) is 29.1 Å². The molecule has 0 N–H and O–H groups in total. The average molecular weight is 348 g/mol. The molecule has 0 radical (unpaired) electrons. The molecule has 1 aliphatic rings. The van der Waals surface area contributed by atoms with E-state index in [-0.39, 0.29) is 11.8 Å². The Balaban J connectivity index is 1.69. The molecule has 7 heteroatoms. The first-order valence-electron chi connectivity index (χ1n) is 7.85. The van der Waals surface area contributed by atoms with E-state index in [1.807, 2.05) is 13.0 Å². The molecule has 0 aromatic carbocycles. The quantitative estimate of drug-likeness (QED) is 0.855. The zero-order valence-corrected chi connectivity index (χ0v) is 14.6. The fourth-order valence-corrected chi connectivity index (χ4v) is 3.77. The lowest BCUT2D eigenvalue weighted by Gasteiger charge is -2.21. The van der Waals surface area contributed by atoms with Gasteiger partial charge in [-0.05, 0) is 25.5 Å². The summed E-state index contributed by atoms with van der Waals surface area (Å²) in [6.45, 7) is 4.26. The number of nitrogens with zero attached hydrogens (tertiary/aromatic N) is 2. The van der Waals surface area contributed by atoms with E-state index in [4.69, 9.17) is 9.15 Å². The number of rotatable bonds is 3. The molecule has 2 aromatic rings. The molecule has 3 rings (SSSR count). The lowest BCUT2D eigenvalue weighted by atomic mass is 10.3. The Labute approximate surface area is 144 Å². The number of methoxy groups -OCH3 is 1. The SMILES string of the molecule is COc1cc(C)sc1C(=O)N1CCCN(C(=O)c2ccoc2)CC1. The van der Waals surface area contributed by atoms with Gasteiger partial charge in [0.05, 0.1) is 18.9 Å². The Hall–Kier alpha value is -2.28. The van der Waals surface area contributed by atoms with Gasteiger partial charge in [0.2, 0.25) is 0 Å². The summed E-state index contributed by atoms with van der Waals surface area (Å²) in [5.41, 5.74) is 0.547. The second-order valence-corrected chi connectivity index (χ2v) is 6.96. The molecule has 1 saturated heterocycles. The van der Waals surface area contributed by atoms with Crippen molar-refractivity contribution in [1.29, 1.82) is 0 Å². The topological polar surface area (TPSA) is 63.0 Å². The van der Waals surface area contributed by atoms with Crippen molar-refractivity contribution in [2.24, 2.45) is 0 Å². The van der Waals surface area contributed by atoms with Gasteiger partial charge in [0.15, 0.2) is 0 Å². The van der Waals surface area contributed by atoms with Crippen LogP contribution in [0.3, 0.4) is 0 Å². The molecule has 0 spiro atoms. The van der Waals surface area contributed by atoms with E-state index in [1.54, 1.807) is 23.0 Å². The number of furan rings is 1. The van der Waals surface area contributed by atoms with Crippen LogP contribution in [0.2, 0.25) is 0 Å². The minimum Gasteiger partial charge on any atom is -0.495 e. The number of amides is 2. The maximum atomic E-state index is 12.8. The van der Waals surface area contributed by atoms with Crippen molar-refractivity contribution in [2.45, 2.75) is 13.3 Å². The van der Waals surface area contributed by atoms with Crippen molar-refractivity contribution in [3.05, 3.63) is 40.0 Å². The summed E-state index contributed by atoms with van der Waals surface area (Å²) < 4.78 is 10.3. The Bertz CT molecular complexity index is 723. The van der Waals surface area contributed by atoms with Gasteiger partial charge < -0.3 is 19.0 Å². The van der Waals surface area contributed by atoms with Crippen LogP contribution in [0.5, 0.6) is 5.75 Å². The van der Waals surface area contributed by atoms with Crippen LogP contribution < -0.4 is 4.74 Å². The lowest BCUT2D eigenvalue weighted by molar-refractivity contribution is 0.0719. The predicted octanol–water partition coefficient (Wildman–Crippen LogP) is 2.65. The number of carbonyl (C=O) groups is 2. The highest BCUT2D eigenvalue weighted by atomic mass is 32.1. The van der Waals surface area contributed by atoms with Crippen molar-refractivity contribution in [2.75, 3.05) is 33.3 Å². The number of hydrogen-bond donors (Lipinski definition) is 0. The summed E-state index contributed by atoms with van der Waals surface area (Å²) >= 11 is 1.44. The predicted molar refractivity (Wildman–Crippen MR) is 90.7 cm³/mol. The number of ether oxygens (including phenoxy) is 1. The Kier molecular flexibility index (Phi) is 4.89. The van der Waals surface area contributed by atoms with Gasteiger partial charge in [-0.25, -0.2) is 0 Å². The highest BCUT2D eigenvalue weighted by Gasteiger charge is 2.26. The highest BCUT2D eigenvalue weighted by molar-refractivity contribution is 7.14. The molecule has 2 amide bonds. The van der Waals surface area contributed by atoms with Crippen molar-refractivity contribution in [1.82, 2.24) is 9.80 Å². The number of aryl methyl sites for hydroxylation is 1. The van der Waals surface area contributed by atoms with Gasteiger partial charge in [0.25, 0.3) is 11.8 Å². The third-order valence-corrected chi connectivity index (χ3v) is 5.09. The number of carbonyl (C=O) groups excluding carboxylic acids is 2. The van der Waals surface area contributed by atoms with Crippen LogP contribution in [-0.4, -0.2) is 54.9 Å². The van der Waals surface area contributed by atoms with Crippen LogP contribution >= 0.6 is 11.3 Å². The van der Waals surface area contributed by atoms with E-state index in [0.717, 1.165) is 11.3 Å². The number of hydrogen-bond acceptors (Lipinski definition) is 5. The zero-order valence-electron chi connectivity index (χ0n) is 13.8. The normalized spacial score (nSPS) is 15.2. The molecule has 1 fully saturated rings. The van der Waals surface area contributed by atoms with Gasteiger partial charge in [0, 0.05) is 31.1 Å². The first-order valence-corrected chi connectivity index (χ1v) is 8.67. The van der Waals surface area contributed by atoms with Crippen LogP contribution in [0.25, 0.3) is 0 Å². The van der Waals surface area contributed by atoms with Gasteiger partial charge in [-0.2, -0.15) is 0 Å². The molecule has 1 aliphatic heterocycles. The van der Waals surface area contributed by atoms with Gasteiger partial charge in [0.1, 0.15) is 16.9 Å². The maximum absolute atomic E-state index is 12.8. The lowest BCUT2D eigenvalue weighted by Crippen LogP contribution is -2.37. The van der Waals surface area contributed by atoms with Crippen LogP contribution in [-0.2, 0) is 0 Å². The largest absolute Gasteiger partial charge is 0.495 e. The van der Waals surface area contributed by atoms with Crippen molar-refractivity contribution < 1.29 is 18.7 Å². The first kappa shape index (κ1) is 16.6. The molecule has 24 heavy (non-hydrogen) atoms. The fourth-order valence-electron chi connectivity index (χ4n) is 2.83. The third kappa shape index (κ3) is 3.31. The van der Waals surface area contributed by atoms with Crippen LogP contribution in [0.1, 0.15) is 31.3 Å². The summed E-state index contributed by atoms with van der Waals surface area (Å²) in [7, 11) is 1.58. The second kappa shape index (κ2) is 7.09. The molecular weight excluding hydrogens is 328 g/mol. The Morgan fingerprint density at radius 1 is 1.17 bits per heavy atom. The molecule has 0 bridgehead atoms. The van der Waals surface area contributed by atoms with Gasteiger partial charge in [-0.3, -0.25) is 9.59 Å². The molecule has 2 aromatic heterocycles. The fraction of sp³-hybridized carbons (Fsp3) is 0.412. The molecular formula is C17H20N2O4S. The van der Waals surface area contributed by atoms with Crippen molar-refractivity contribution in [3.63, 3.8) is 0 Å². The van der Waals surface area contributed by atoms with Crippen molar-refractivity contribution >= 4 is 23.2 Å². The summed E-state index contributed by atoms with van der Waals surface area (Å²) in [6, 6.07) is 3.54. The number of thiophene rings is 1. The zero-order chi connectivity index (χ0) is 17.1. The molecule has 0 unspecified atom stereocenters. The highest BCUT2D eigenvalue weighted by Crippen LogP contribution is 2.30. The average Bonchev–Trinajstić information content (AvgIpc) is 3.17. The summed E-state index contributed by atoms with van der Waals surface area (Å²) in [5, 5.41) is 0. The molecule has 128 valence electrons. The van der Waals surface area contributed by atoms with Gasteiger partial charge >= 0.3 is 0 Å². The standard InChI is InChI=1S/C17H20N2O4S/c1-12-10-14(22-2)15(24-12)17(21)19-6-3-5-18(7-8-19)16(20)13-4-9-23-11-13/h4,9-11H,3,5-8H2,1-2H3. The third-order valence-electron chi connectivity index (χ3n) is 4.07. The molecule has 0 atom stereocenters. The summed E-state index contributed by atoms with van der Waals surface area (Å²) in [4.78, 5) is 30.4. The maximum Gasteiger partial charge on any atom is 0.267 e. The van der Waals surface area contributed by atoms with E-state index >= 15 is 0 Å². The molecule has 6 nitrogen and oxygen atoms in total. The molecule has 0 saturated carbocycles. The first-order chi connectivity index (χ1) is 11.6. The van der Waals surface area contributed by atoms with Crippen molar-refractivity contribution in [3.8, 4) is 5.75 Å². The van der Waals surface area contributed by atoms with Crippen LogP contribution in [0, 0.1) is 6.92 Å². The van der Waals surface area contributed by atoms with E-state index in [2.05, 4.69) is 0 Å². The Morgan fingerprint density at radius 2 is 1.88 bits per heavy atom. The molecule has 0 aliphatic carbocycles. The second-order valence-electron chi connectivity index (χ2n) is 5.70. The van der Waals surface area contributed by atoms with Gasteiger partial charge in [-0.1, -0.05) is 0 Å². The van der Waals surface area contributed by atoms with E-state index in [9.17, 15) is 9.59 Å². The smallest absolute Gasteiger partial charge is 0.267 e.